The Morgan fingerprint density at radius 3 is 2.65 bits per heavy atom. The smallest absolute Gasteiger partial charge is 0.164 e. The number of hydrogen-bond donors (Lipinski definition) is 1. The first-order valence-electron chi connectivity index (χ1n) is 8.49. The number of aliphatic hydroxyl groups is 1. The molecule has 0 spiro atoms. The van der Waals surface area contributed by atoms with Crippen LogP contribution in [0, 0.1) is 16.8 Å². The SMILES string of the molecule is C=C1CC[N+]([O-])(C(C)C(O)(Cn2cncn2)c2ccc(F)cc2F)CC1. The van der Waals surface area contributed by atoms with E-state index in [-0.39, 0.29) is 25.2 Å². The zero-order valence-electron chi connectivity index (χ0n) is 14.6. The molecular formula is C18H22F2N4O2. The highest BCUT2D eigenvalue weighted by molar-refractivity contribution is 5.26. The number of piperidine rings is 1. The third kappa shape index (κ3) is 3.40. The van der Waals surface area contributed by atoms with E-state index in [4.69, 9.17) is 0 Å². The van der Waals surface area contributed by atoms with Crippen LogP contribution < -0.4 is 0 Å². The van der Waals surface area contributed by atoms with Crippen molar-refractivity contribution in [3.63, 3.8) is 0 Å². The average molecular weight is 364 g/mol. The van der Waals surface area contributed by atoms with Gasteiger partial charge in [0.15, 0.2) is 5.60 Å². The fourth-order valence-corrected chi connectivity index (χ4v) is 3.55. The van der Waals surface area contributed by atoms with Crippen LogP contribution in [-0.4, -0.2) is 43.6 Å². The van der Waals surface area contributed by atoms with Crippen molar-refractivity contribution in [1.29, 1.82) is 0 Å². The summed E-state index contributed by atoms with van der Waals surface area (Å²) in [5, 5.41) is 28.8. The molecule has 1 fully saturated rings. The molecule has 8 heteroatoms. The van der Waals surface area contributed by atoms with E-state index >= 15 is 0 Å². The first-order valence-corrected chi connectivity index (χ1v) is 8.49. The summed E-state index contributed by atoms with van der Waals surface area (Å²) in [6.07, 6.45) is 3.78. The maximum Gasteiger partial charge on any atom is 0.164 e. The quantitative estimate of drug-likeness (QED) is 0.503. The molecule has 0 aliphatic carbocycles. The molecular weight excluding hydrogens is 342 g/mol. The molecule has 1 aromatic carbocycles. The van der Waals surface area contributed by atoms with Gasteiger partial charge >= 0.3 is 0 Å². The summed E-state index contributed by atoms with van der Waals surface area (Å²) < 4.78 is 28.5. The Morgan fingerprint density at radius 1 is 1.38 bits per heavy atom. The molecule has 0 bridgehead atoms. The molecule has 1 N–H and O–H groups in total. The Hall–Kier alpha value is -2.16. The molecule has 1 saturated heterocycles. The molecule has 2 atom stereocenters. The second-order valence-electron chi connectivity index (χ2n) is 6.97. The van der Waals surface area contributed by atoms with Gasteiger partial charge in [-0.2, -0.15) is 5.10 Å². The number of benzene rings is 1. The molecule has 140 valence electrons. The Balaban J connectivity index is 2.03. The lowest BCUT2D eigenvalue weighted by Crippen LogP contribution is -2.62. The lowest BCUT2D eigenvalue weighted by atomic mass is 9.84. The lowest BCUT2D eigenvalue weighted by molar-refractivity contribution is -0.914. The Labute approximate surface area is 150 Å². The molecule has 1 aromatic heterocycles. The van der Waals surface area contributed by atoms with Gasteiger partial charge in [-0.1, -0.05) is 12.2 Å². The van der Waals surface area contributed by atoms with E-state index in [1.54, 1.807) is 6.92 Å². The fraction of sp³-hybridized carbons (Fsp3) is 0.444. The van der Waals surface area contributed by atoms with Crippen molar-refractivity contribution in [3.8, 4) is 0 Å². The monoisotopic (exact) mass is 364 g/mol. The number of hydrogen-bond acceptors (Lipinski definition) is 4. The largest absolute Gasteiger partial charge is 0.632 e. The van der Waals surface area contributed by atoms with E-state index in [0.717, 1.165) is 11.6 Å². The third-order valence-corrected chi connectivity index (χ3v) is 5.35. The molecule has 1 aliphatic rings. The number of likely N-dealkylation sites (tertiary alicyclic amines) is 1. The van der Waals surface area contributed by atoms with Crippen molar-refractivity contribution < 1.29 is 18.5 Å². The van der Waals surface area contributed by atoms with Crippen molar-refractivity contribution in [2.45, 2.75) is 38.0 Å². The number of halogens is 2. The molecule has 6 nitrogen and oxygen atoms in total. The molecule has 2 heterocycles. The highest BCUT2D eigenvalue weighted by Crippen LogP contribution is 2.37. The minimum Gasteiger partial charge on any atom is -0.632 e. The van der Waals surface area contributed by atoms with Gasteiger partial charge in [0, 0.05) is 24.5 Å². The van der Waals surface area contributed by atoms with Gasteiger partial charge in [-0.3, -0.25) is 0 Å². The summed E-state index contributed by atoms with van der Waals surface area (Å²) in [6, 6.07) is 2.07. The van der Waals surface area contributed by atoms with Crippen molar-refractivity contribution in [3.05, 3.63) is 65.4 Å². The first kappa shape index (κ1) is 18.6. The van der Waals surface area contributed by atoms with Gasteiger partial charge in [-0.05, 0) is 19.1 Å². The number of nitrogens with zero attached hydrogens (tertiary/aromatic N) is 4. The van der Waals surface area contributed by atoms with E-state index in [9.17, 15) is 19.1 Å². The summed E-state index contributed by atoms with van der Waals surface area (Å²) in [4.78, 5) is 3.83. The highest BCUT2D eigenvalue weighted by Gasteiger charge is 2.47. The van der Waals surface area contributed by atoms with Gasteiger partial charge < -0.3 is 15.0 Å². The minimum atomic E-state index is -1.88. The predicted octanol–water partition coefficient (Wildman–Crippen LogP) is 2.50. The molecule has 2 unspecified atom stereocenters. The van der Waals surface area contributed by atoms with Crippen LogP contribution in [0.4, 0.5) is 8.78 Å². The summed E-state index contributed by atoms with van der Waals surface area (Å²) in [6.45, 7) is 5.84. The van der Waals surface area contributed by atoms with E-state index in [2.05, 4.69) is 16.7 Å². The maximum absolute atomic E-state index is 14.5. The predicted molar refractivity (Wildman–Crippen MR) is 91.5 cm³/mol. The number of aromatic nitrogens is 3. The standard InChI is InChI=1S/C18H22F2N4O2/c1-13-5-7-24(26,8-6-13)14(2)18(25,10-23-12-21-11-22-23)16-4-3-15(19)9-17(16)20/h3-4,9,11-12,14,25H,1,5-8,10H2,2H3. The fourth-order valence-electron chi connectivity index (χ4n) is 3.55. The van der Waals surface area contributed by atoms with Gasteiger partial charge in [0.2, 0.25) is 0 Å². The van der Waals surface area contributed by atoms with Crippen LogP contribution in [-0.2, 0) is 12.1 Å². The van der Waals surface area contributed by atoms with Crippen LogP contribution in [0.5, 0.6) is 0 Å². The van der Waals surface area contributed by atoms with E-state index in [1.807, 2.05) is 0 Å². The van der Waals surface area contributed by atoms with Crippen molar-refractivity contribution in [2.24, 2.45) is 0 Å². The van der Waals surface area contributed by atoms with Gasteiger partial charge in [-0.25, -0.2) is 18.4 Å². The van der Waals surface area contributed by atoms with Gasteiger partial charge in [0.05, 0.1) is 19.6 Å². The second-order valence-corrected chi connectivity index (χ2v) is 6.97. The second kappa shape index (κ2) is 6.86. The Bertz CT molecular complexity index is 786. The molecule has 26 heavy (non-hydrogen) atoms. The topological polar surface area (TPSA) is 74.0 Å². The molecule has 0 radical (unpaired) electrons. The van der Waals surface area contributed by atoms with Crippen LogP contribution >= 0.6 is 0 Å². The van der Waals surface area contributed by atoms with E-state index < -0.39 is 27.9 Å². The molecule has 0 amide bonds. The zero-order valence-corrected chi connectivity index (χ0v) is 14.6. The van der Waals surface area contributed by atoms with Crippen LogP contribution in [0.25, 0.3) is 0 Å². The van der Waals surface area contributed by atoms with Crippen molar-refractivity contribution in [2.75, 3.05) is 13.1 Å². The number of hydroxylamine groups is 3. The highest BCUT2D eigenvalue weighted by atomic mass is 19.1. The number of quaternary nitrogens is 1. The van der Waals surface area contributed by atoms with Crippen LogP contribution in [0.1, 0.15) is 25.3 Å². The van der Waals surface area contributed by atoms with Crippen LogP contribution in [0.3, 0.4) is 0 Å². The number of rotatable bonds is 5. The van der Waals surface area contributed by atoms with Gasteiger partial charge in [-0.15, -0.1) is 0 Å². The maximum atomic E-state index is 14.5. The normalized spacial score (nSPS) is 20.6. The molecule has 1 aliphatic heterocycles. The summed E-state index contributed by atoms with van der Waals surface area (Å²) in [5.41, 5.74) is -1.01. The van der Waals surface area contributed by atoms with Crippen LogP contribution in [0.15, 0.2) is 43.0 Å². The first-order chi connectivity index (χ1) is 12.2. The average Bonchev–Trinajstić information content (AvgIpc) is 3.09. The van der Waals surface area contributed by atoms with Crippen molar-refractivity contribution >= 4 is 0 Å². The Kier molecular flexibility index (Phi) is 4.92. The van der Waals surface area contributed by atoms with Gasteiger partial charge in [0.1, 0.15) is 30.3 Å². The summed E-state index contributed by atoms with van der Waals surface area (Å²) in [7, 11) is 0. The third-order valence-electron chi connectivity index (χ3n) is 5.35. The molecule has 3 rings (SSSR count). The Morgan fingerprint density at radius 2 is 2.08 bits per heavy atom. The van der Waals surface area contributed by atoms with Crippen LogP contribution in [0.2, 0.25) is 0 Å². The molecule has 0 saturated carbocycles. The van der Waals surface area contributed by atoms with E-state index in [0.29, 0.717) is 18.9 Å². The lowest BCUT2D eigenvalue weighted by Gasteiger charge is -2.54. The zero-order chi connectivity index (χ0) is 18.9. The summed E-state index contributed by atoms with van der Waals surface area (Å²) >= 11 is 0. The van der Waals surface area contributed by atoms with Gasteiger partial charge in [0.25, 0.3) is 0 Å². The molecule has 2 aromatic rings. The van der Waals surface area contributed by atoms with Crippen molar-refractivity contribution in [1.82, 2.24) is 14.8 Å². The van der Waals surface area contributed by atoms with E-state index in [1.165, 1.54) is 23.4 Å². The summed E-state index contributed by atoms with van der Waals surface area (Å²) in [5.74, 6) is -1.64. The minimum absolute atomic E-state index is 0.125.